The number of alkyl carbamates (subject to hydrolysis) is 2. The summed E-state index contributed by atoms with van der Waals surface area (Å²) in [6.45, 7) is 0.480. The van der Waals surface area contributed by atoms with Gasteiger partial charge in [-0.05, 0) is 83.2 Å². The highest BCUT2D eigenvalue weighted by atomic mass is 16.5. The Morgan fingerprint density at radius 1 is 0.750 bits per heavy atom. The Kier molecular flexibility index (Phi) is 10.5. The quantitative estimate of drug-likeness (QED) is 0.110. The number of carbonyl (C=O) groups excluding carboxylic acids is 4. The zero-order valence-electron chi connectivity index (χ0n) is 33.4. The summed E-state index contributed by atoms with van der Waals surface area (Å²) < 4.78 is 9.48. The number of benzene rings is 4. The molecule has 60 heavy (non-hydrogen) atoms. The third kappa shape index (κ3) is 7.44. The summed E-state index contributed by atoms with van der Waals surface area (Å²) in [6.07, 6.45) is 6.85. The first-order valence-corrected chi connectivity index (χ1v) is 20.4. The van der Waals surface area contributed by atoms with Crippen molar-refractivity contribution in [3.8, 4) is 33.6 Å². The monoisotopic (exact) mass is 806 g/mol. The lowest BCUT2D eigenvalue weighted by Gasteiger charge is -2.36. The first kappa shape index (κ1) is 38.6. The summed E-state index contributed by atoms with van der Waals surface area (Å²) in [7, 11) is 2.57. The van der Waals surface area contributed by atoms with E-state index in [-0.39, 0.29) is 42.4 Å². The molecule has 3 aliphatic rings. The molecule has 4 N–H and O–H groups in total. The second-order valence-corrected chi connectivity index (χ2v) is 15.7. The van der Waals surface area contributed by atoms with Gasteiger partial charge in [0, 0.05) is 18.2 Å². The number of aromatic amines is 2. The number of likely N-dealkylation sites (tertiary alicyclic amines) is 2. The van der Waals surface area contributed by atoms with Crippen LogP contribution in [0.3, 0.4) is 0 Å². The molecule has 306 valence electrons. The van der Waals surface area contributed by atoms with Crippen LogP contribution in [0.2, 0.25) is 0 Å². The summed E-state index contributed by atoms with van der Waals surface area (Å²) in [5.41, 5.74) is 6.59. The lowest BCUT2D eigenvalue weighted by molar-refractivity contribution is -0.138. The summed E-state index contributed by atoms with van der Waals surface area (Å²) in [6, 6.07) is 29.2. The number of nitrogens with zero attached hydrogens (tertiary/aromatic N) is 4. The van der Waals surface area contributed by atoms with E-state index in [4.69, 9.17) is 9.72 Å². The van der Waals surface area contributed by atoms with E-state index in [1.54, 1.807) is 4.90 Å². The average molecular weight is 807 g/mol. The first-order chi connectivity index (χ1) is 29.3. The van der Waals surface area contributed by atoms with Gasteiger partial charge in [-0.1, -0.05) is 78.9 Å². The largest absolute Gasteiger partial charge is 0.453 e. The fraction of sp³-hybridized carbons (Fsp3) is 0.304. The molecular weight excluding hydrogens is 761 g/mol. The van der Waals surface area contributed by atoms with E-state index in [2.05, 4.69) is 91.0 Å². The lowest BCUT2D eigenvalue weighted by atomic mass is 9.96. The van der Waals surface area contributed by atoms with Crippen molar-refractivity contribution in [2.24, 2.45) is 5.92 Å². The minimum atomic E-state index is -0.873. The Labute approximate surface area is 346 Å². The Morgan fingerprint density at radius 3 is 2.15 bits per heavy atom. The summed E-state index contributed by atoms with van der Waals surface area (Å²) in [5, 5.41) is 7.44. The number of aromatic nitrogens is 4. The number of methoxy groups -OCH3 is 2. The predicted molar refractivity (Wildman–Crippen MR) is 224 cm³/mol. The molecule has 14 heteroatoms. The van der Waals surface area contributed by atoms with E-state index in [0.717, 1.165) is 88.2 Å². The smallest absolute Gasteiger partial charge is 0.407 e. The van der Waals surface area contributed by atoms with Crippen molar-refractivity contribution in [1.29, 1.82) is 0 Å². The van der Waals surface area contributed by atoms with Gasteiger partial charge in [-0.15, -0.1) is 0 Å². The molecule has 0 spiro atoms. The fourth-order valence-corrected chi connectivity index (χ4v) is 9.31. The van der Waals surface area contributed by atoms with Crippen molar-refractivity contribution in [3.05, 3.63) is 121 Å². The van der Waals surface area contributed by atoms with Crippen molar-refractivity contribution >= 4 is 34.8 Å². The normalized spacial score (nSPS) is 20.0. The highest BCUT2D eigenvalue weighted by molar-refractivity contribution is 5.91. The Morgan fingerprint density at radius 2 is 1.40 bits per heavy atom. The lowest BCUT2D eigenvalue weighted by Crippen LogP contribution is -2.47. The van der Waals surface area contributed by atoms with E-state index in [1.807, 2.05) is 47.6 Å². The van der Waals surface area contributed by atoms with Crippen LogP contribution in [0.5, 0.6) is 0 Å². The van der Waals surface area contributed by atoms with Gasteiger partial charge in [0.05, 0.1) is 50.1 Å². The molecule has 6 aromatic rings. The van der Waals surface area contributed by atoms with Crippen molar-refractivity contribution in [2.45, 2.75) is 56.3 Å². The zero-order chi connectivity index (χ0) is 41.3. The van der Waals surface area contributed by atoms with E-state index < -0.39 is 18.2 Å². The highest BCUT2D eigenvalue weighted by Gasteiger charge is 2.51. The molecule has 2 aromatic heterocycles. The van der Waals surface area contributed by atoms with Crippen LogP contribution in [0.25, 0.3) is 44.4 Å². The summed E-state index contributed by atoms with van der Waals surface area (Å²) in [4.78, 5) is 71.1. The highest BCUT2D eigenvalue weighted by Crippen LogP contribution is 2.50. The molecule has 2 bridgehead atoms. The molecule has 4 amide bonds. The molecule has 5 unspecified atom stereocenters. The van der Waals surface area contributed by atoms with Gasteiger partial charge in [-0.25, -0.2) is 19.6 Å². The maximum Gasteiger partial charge on any atom is 0.407 e. The number of ether oxygens (including phenoxy) is 2. The molecule has 0 radical (unpaired) electrons. The molecule has 2 aliphatic heterocycles. The van der Waals surface area contributed by atoms with Crippen molar-refractivity contribution in [3.63, 3.8) is 0 Å². The van der Waals surface area contributed by atoms with Gasteiger partial charge in [0.15, 0.2) is 0 Å². The van der Waals surface area contributed by atoms with Gasteiger partial charge in [0.1, 0.15) is 24.2 Å². The third-order valence-corrected chi connectivity index (χ3v) is 12.3. The molecule has 4 heterocycles. The van der Waals surface area contributed by atoms with E-state index in [0.29, 0.717) is 12.1 Å². The molecule has 4 aromatic carbocycles. The third-order valence-electron chi connectivity index (χ3n) is 12.3. The molecule has 1 saturated carbocycles. The molecule has 9 rings (SSSR count). The maximum absolute atomic E-state index is 14.3. The molecular formula is C46H46N8O6. The second-order valence-electron chi connectivity index (χ2n) is 15.7. The van der Waals surface area contributed by atoms with Crippen molar-refractivity contribution < 1.29 is 28.7 Å². The van der Waals surface area contributed by atoms with Crippen LogP contribution in [0, 0.1) is 5.92 Å². The Bertz CT molecular complexity index is 2550. The molecule has 1 aliphatic carbocycles. The van der Waals surface area contributed by atoms with Gasteiger partial charge in [-0.3, -0.25) is 9.59 Å². The van der Waals surface area contributed by atoms with Crippen LogP contribution in [0.15, 0.2) is 103 Å². The fourth-order valence-electron chi connectivity index (χ4n) is 9.31. The van der Waals surface area contributed by atoms with Gasteiger partial charge in [0.25, 0.3) is 5.91 Å². The van der Waals surface area contributed by atoms with E-state index >= 15 is 0 Å². The van der Waals surface area contributed by atoms with Crippen molar-refractivity contribution in [1.82, 2.24) is 40.4 Å². The number of nitrogens with one attached hydrogen (secondary N) is 4. The second kappa shape index (κ2) is 16.4. The number of hydrogen-bond donors (Lipinski definition) is 4. The van der Waals surface area contributed by atoms with Gasteiger partial charge < -0.3 is 39.9 Å². The predicted octanol–water partition coefficient (Wildman–Crippen LogP) is 7.46. The molecule has 3 fully saturated rings. The van der Waals surface area contributed by atoms with E-state index in [1.165, 1.54) is 14.2 Å². The zero-order valence-corrected chi connectivity index (χ0v) is 33.4. The number of carbonyl (C=O) groups is 4. The SMILES string of the molecule is COC(=O)NCC(=O)N1CCCC1c1ncc(-c2ccc3cc(-c4ccc(-c5cnc(C6C7CCC(C7)N6C(=O)C(NC(=O)OC)c6ccccc6)[nH]5)cc4)ccc3c2)[nH]1. The maximum atomic E-state index is 14.3. The number of rotatable bonds is 10. The van der Waals surface area contributed by atoms with Gasteiger partial charge >= 0.3 is 12.2 Å². The number of amides is 4. The van der Waals surface area contributed by atoms with Crippen LogP contribution < -0.4 is 10.6 Å². The average Bonchev–Trinajstić information content (AvgIpc) is 4.16. The Balaban J connectivity index is 0.889. The minimum Gasteiger partial charge on any atom is -0.453 e. The number of piperidine rings is 1. The molecule has 14 nitrogen and oxygen atoms in total. The van der Waals surface area contributed by atoms with Crippen LogP contribution in [0.4, 0.5) is 9.59 Å². The Hall–Kier alpha value is -6.96. The number of hydrogen-bond acceptors (Lipinski definition) is 8. The standard InChI is InChI=1S/C46H46N8O6/c1-59-45(57)49-26-39(55)53-20-6-9-38(53)42-47-25-37(50-42)33-17-16-31-21-30(14-15-32(31)22-33)27-10-12-28(13-11-27)36-24-48-43(51-36)41-34-18-19-35(23-34)54(41)44(56)40(52-46(58)60-2)29-7-4-3-5-8-29/h3-5,7-8,10-17,21-22,24-25,34-35,38,40-41H,6,9,18-20,23,26H2,1-2H3,(H,47,50)(H,48,51)(H,49,57)(H,52,58). The van der Waals surface area contributed by atoms with Gasteiger partial charge in [0.2, 0.25) is 5.91 Å². The first-order valence-electron chi connectivity index (χ1n) is 20.4. The number of fused-ring (bicyclic) bond motifs is 3. The molecule has 5 atom stereocenters. The minimum absolute atomic E-state index is 0.0781. The van der Waals surface area contributed by atoms with E-state index in [9.17, 15) is 19.2 Å². The van der Waals surface area contributed by atoms with Crippen LogP contribution in [-0.2, 0) is 19.1 Å². The molecule has 2 saturated heterocycles. The van der Waals surface area contributed by atoms with Crippen molar-refractivity contribution in [2.75, 3.05) is 27.3 Å². The van der Waals surface area contributed by atoms with Gasteiger partial charge in [-0.2, -0.15) is 0 Å². The summed E-state index contributed by atoms with van der Waals surface area (Å²) >= 11 is 0. The topological polar surface area (TPSA) is 175 Å². The number of imidazole rings is 2. The van der Waals surface area contributed by atoms with Crippen LogP contribution in [-0.4, -0.2) is 87.1 Å². The van der Waals surface area contributed by atoms with Crippen LogP contribution in [0.1, 0.15) is 67.4 Å². The van der Waals surface area contributed by atoms with Crippen LogP contribution >= 0.6 is 0 Å². The summed E-state index contributed by atoms with van der Waals surface area (Å²) in [5.74, 6) is 1.41. The number of H-pyrrole nitrogens is 2.